The molecule has 2 aromatic carbocycles. The largest absolute Gasteiger partial charge is 0.478 e. The fourth-order valence-corrected chi connectivity index (χ4v) is 2.46. The third-order valence-electron chi connectivity index (χ3n) is 3.69. The maximum Gasteiger partial charge on any atom is 0.336 e. The van der Waals surface area contributed by atoms with Crippen molar-refractivity contribution in [2.45, 2.75) is 6.92 Å². The lowest BCUT2D eigenvalue weighted by Crippen LogP contribution is -2.17. The van der Waals surface area contributed by atoms with Gasteiger partial charge >= 0.3 is 5.97 Å². The van der Waals surface area contributed by atoms with Gasteiger partial charge in [-0.2, -0.15) is 5.10 Å². The summed E-state index contributed by atoms with van der Waals surface area (Å²) < 4.78 is 5.60. The maximum absolute atomic E-state index is 12.0. The van der Waals surface area contributed by atoms with Crippen molar-refractivity contribution in [3.05, 3.63) is 83.1 Å². The zero-order valence-corrected chi connectivity index (χ0v) is 14.0. The summed E-state index contributed by atoms with van der Waals surface area (Å²) in [5, 5.41) is 13.1. The highest BCUT2D eigenvalue weighted by Crippen LogP contribution is 2.25. The molecule has 1 heterocycles. The molecular weight excluding hydrogens is 332 g/mol. The standard InChI is InChI=1S/C20H16N2O4/c1-13-5-4-6-14(11-13)19(23)22-21-12-15-9-10-18(26-15)16-7-2-3-8-17(16)20(24)25/h2-12H,1H3,(H,22,23)(H,24,25)/b21-12+. The summed E-state index contributed by atoms with van der Waals surface area (Å²) in [5.41, 5.74) is 4.55. The fourth-order valence-electron chi connectivity index (χ4n) is 2.46. The highest BCUT2D eigenvalue weighted by molar-refractivity contribution is 5.96. The van der Waals surface area contributed by atoms with Gasteiger partial charge in [0.15, 0.2) is 0 Å². The zero-order chi connectivity index (χ0) is 18.5. The predicted molar refractivity (Wildman–Crippen MR) is 97.3 cm³/mol. The molecule has 26 heavy (non-hydrogen) atoms. The number of carboxylic acids is 1. The molecule has 130 valence electrons. The van der Waals surface area contributed by atoms with Gasteiger partial charge in [-0.25, -0.2) is 10.2 Å². The Morgan fingerprint density at radius 1 is 1.08 bits per heavy atom. The summed E-state index contributed by atoms with van der Waals surface area (Å²) in [6.45, 7) is 1.90. The molecule has 0 spiro atoms. The van der Waals surface area contributed by atoms with Gasteiger partial charge in [-0.05, 0) is 37.3 Å². The molecule has 6 nitrogen and oxygen atoms in total. The average Bonchev–Trinajstić information content (AvgIpc) is 3.10. The maximum atomic E-state index is 12.0. The number of nitrogens with one attached hydrogen (secondary N) is 1. The van der Waals surface area contributed by atoms with Crippen LogP contribution in [-0.4, -0.2) is 23.2 Å². The van der Waals surface area contributed by atoms with Crippen molar-refractivity contribution in [1.82, 2.24) is 5.43 Å². The summed E-state index contributed by atoms with van der Waals surface area (Å²) in [5.74, 6) is -0.551. The second-order valence-electron chi connectivity index (χ2n) is 5.62. The number of hydrazone groups is 1. The van der Waals surface area contributed by atoms with Gasteiger partial charge in [-0.15, -0.1) is 0 Å². The summed E-state index contributed by atoms with van der Waals surface area (Å²) in [7, 11) is 0. The van der Waals surface area contributed by atoms with Gasteiger partial charge in [0.05, 0.1) is 11.8 Å². The lowest BCUT2D eigenvalue weighted by atomic mass is 10.1. The molecule has 3 rings (SSSR count). The molecule has 1 aromatic heterocycles. The van der Waals surface area contributed by atoms with Gasteiger partial charge in [0.25, 0.3) is 5.91 Å². The lowest BCUT2D eigenvalue weighted by Gasteiger charge is -2.02. The number of aryl methyl sites for hydroxylation is 1. The first-order valence-corrected chi connectivity index (χ1v) is 7.87. The van der Waals surface area contributed by atoms with Gasteiger partial charge in [-0.3, -0.25) is 4.79 Å². The topological polar surface area (TPSA) is 91.9 Å². The van der Waals surface area contributed by atoms with Crippen LogP contribution < -0.4 is 5.43 Å². The van der Waals surface area contributed by atoms with Crippen LogP contribution in [0.5, 0.6) is 0 Å². The van der Waals surface area contributed by atoms with Crippen LogP contribution in [0, 0.1) is 6.92 Å². The number of hydrogen-bond acceptors (Lipinski definition) is 4. The summed E-state index contributed by atoms with van der Waals surface area (Å²) >= 11 is 0. The molecule has 0 saturated heterocycles. The van der Waals surface area contributed by atoms with Crippen LogP contribution in [0.4, 0.5) is 0 Å². The van der Waals surface area contributed by atoms with Crippen molar-refractivity contribution < 1.29 is 19.1 Å². The molecular formula is C20H16N2O4. The monoisotopic (exact) mass is 348 g/mol. The molecule has 0 aliphatic heterocycles. The van der Waals surface area contributed by atoms with Crippen molar-refractivity contribution in [2.75, 3.05) is 0 Å². The smallest absolute Gasteiger partial charge is 0.336 e. The summed E-state index contributed by atoms with van der Waals surface area (Å²) in [6, 6.07) is 17.0. The Labute approximate surface area is 149 Å². The van der Waals surface area contributed by atoms with Crippen LogP contribution >= 0.6 is 0 Å². The Hall–Kier alpha value is -3.67. The molecule has 0 fully saturated rings. The van der Waals surface area contributed by atoms with Crippen LogP contribution in [0.15, 0.2) is 70.2 Å². The number of hydrogen-bond donors (Lipinski definition) is 2. The minimum absolute atomic E-state index is 0.151. The first-order valence-electron chi connectivity index (χ1n) is 7.87. The summed E-state index contributed by atoms with van der Waals surface area (Å²) in [6.07, 6.45) is 1.36. The van der Waals surface area contributed by atoms with E-state index in [9.17, 15) is 14.7 Å². The highest BCUT2D eigenvalue weighted by Gasteiger charge is 2.13. The minimum atomic E-state index is -1.03. The fraction of sp³-hybridized carbons (Fsp3) is 0.0500. The highest BCUT2D eigenvalue weighted by atomic mass is 16.4. The number of amides is 1. The van der Waals surface area contributed by atoms with E-state index in [1.807, 2.05) is 13.0 Å². The molecule has 2 N–H and O–H groups in total. The van der Waals surface area contributed by atoms with Crippen LogP contribution in [0.1, 0.15) is 32.0 Å². The molecule has 0 aliphatic carbocycles. The number of carbonyl (C=O) groups excluding carboxylic acids is 1. The minimum Gasteiger partial charge on any atom is -0.478 e. The van der Waals surface area contributed by atoms with E-state index < -0.39 is 5.97 Å². The molecule has 0 unspecified atom stereocenters. The second kappa shape index (κ2) is 7.48. The molecule has 0 aliphatic rings. The zero-order valence-electron chi connectivity index (χ0n) is 14.0. The summed E-state index contributed by atoms with van der Waals surface area (Å²) in [4.78, 5) is 23.3. The third kappa shape index (κ3) is 3.87. The van der Waals surface area contributed by atoms with Gasteiger partial charge in [0.1, 0.15) is 11.5 Å². The van der Waals surface area contributed by atoms with E-state index in [0.29, 0.717) is 22.6 Å². The van der Waals surface area contributed by atoms with E-state index in [4.69, 9.17) is 4.42 Å². The number of benzene rings is 2. The van der Waals surface area contributed by atoms with Crippen LogP contribution in [0.25, 0.3) is 11.3 Å². The molecule has 3 aromatic rings. The van der Waals surface area contributed by atoms with Crippen molar-refractivity contribution in [2.24, 2.45) is 5.10 Å². The van der Waals surface area contributed by atoms with Gasteiger partial charge in [0, 0.05) is 11.1 Å². The van der Waals surface area contributed by atoms with Crippen LogP contribution in [0.3, 0.4) is 0 Å². The number of furan rings is 1. The lowest BCUT2D eigenvalue weighted by molar-refractivity contribution is 0.0697. The van der Waals surface area contributed by atoms with E-state index in [0.717, 1.165) is 5.56 Å². The number of carbonyl (C=O) groups is 2. The number of aromatic carboxylic acids is 1. The molecule has 0 atom stereocenters. The quantitative estimate of drug-likeness (QED) is 0.543. The molecule has 0 radical (unpaired) electrons. The first-order chi connectivity index (χ1) is 12.5. The van der Waals surface area contributed by atoms with Gasteiger partial charge in [-0.1, -0.05) is 35.9 Å². The molecule has 6 heteroatoms. The normalized spacial score (nSPS) is 10.8. The SMILES string of the molecule is Cc1cccc(C(=O)N/N=C/c2ccc(-c3ccccc3C(=O)O)o2)c1. The number of rotatable bonds is 5. The first kappa shape index (κ1) is 17.2. The van der Waals surface area contributed by atoms with Gasteiger partial charge in [0.2, 0.25) is 0 Å². The van der Waals surface area contributed by atoms with Crippen LogP contribution in [-0.2, 0) is 0 Å². The molecule has 1 amide bonds. The van der Waals surface area contributed by atoms with E-state index >= 15 is 0 Å². The Morgan fingerprint density at radius 3 is 2.65 bits per heavy atom. The van der Waals surface area contributed by atoms with Crippen LogP contribution in [0.2, 0.25) is 0 Å². The van der Waals surface area contributed by atoms with Crippen molar-refractivity contribution in [3.63, 3.8) is 0 Å². The molecule has 0 bridgehead atoms. The van der Waals surface area contributed by atoms with E-state index in [1.54, 1.807) is 48.5 Å². The van der Waals surface area contributed by atoms with Crippen molar-refractivity contribution >= 4 is 18.1 Å². The Kier molecular flexibility index (Phi) is 4.94. The van der Waals surface area contributed by atoms with Gasteiger partial charge < -0.3 is 9.52 Å². The number of carboxylic acid groups (broad SMARTS) is 1. The van der Waals surface area contributed by atoms with E-state index in [2.05, 4.69) is 10.5 Å². The van der Waals surface area contributed by atoms with E-state index in [1.165, 1.54) is 12.3 Å². The molecule has 0 saturated carbocycles. The number of nitrogens with zero attached hydrogens (tertiary/aromatic N) is 1. The second-order valence-corrected chi connectivity index (χ2v) is 5.62. The predicted octanol–water partition coefficient (Wildman–Crippen LogP) is 3.72. The van der Waals surface area contributed by atoms with Crippen molar-refractivity contribution in [1.29, 1.82) is 0 Å². The Balaban J connectivity index is 1.72. The third-order valence-corrected chi connectivity index (χ3v) is 3.69. The Morgan fingerprint density at radius 2 is 1.88 bits per heavy atom. The average molecular weight is 348 g/mol. The Bertz CT molecular complexity index is 989. The van der Waals surface area contributed by atoms with E-state index in [-0.39, 0.29) is 11.5 Å². The van der Waals surface area contributed by atoms with Crippen molar-refractivity contribution in [3.8, 4) is 11.3 Å².